The molecule has 1 fully saturated rings. The van der Waals surface area contributed by atoms with Gasteiger partial charge in [0.05, 0.1) is 31.4 Å². The van der Waals surface area contributed by atoms with Crippen molar-refractivity contribution in [3.05, 3.63) is 53.9 Å². The van der Waals surface area contributed by atoms with E-state index in [2.05, 4.69) is 0 Å². The molecule has 4 rings (SSSR count). The molecule has 2 aromatic heterocycles. The number of aromatic nitrogens is 1. The number of benzene rings is 1. The average Bonchev–Trinajstić information content (AvgIpc) is 3.36. The van der Waals surface area contributed by atoms with Crippen molar-refractivity contribution in [1.82, 2.24) is 9.47 Å². The van der Waals surface area contributed by atoms with E-state index in [-0.39, 0.29) is 17.8 Å². The van der Waals surface area contributed by atoms with Gasteiger partial charge in [0.25, 0.3) is 5.91 Å². The van der Waals surface area contributed by atoms with Crippen LogP contribution >= 0.6 is 0 Å². The van der Waals surface area contributed by atoms with Crippen LogP contribution in [-0.4, -0.2) is 48.1 Å². The highest BCUT2D eigenvalue weighted by atomic mass is 16.5. The summed E-state index contributed by atoms with van der Waals surface area (Å²) in [7, 11) is 1.64. The van der Waals surface area contributed by atoms with Gasteiger partial charge in [0.1, 0.15) is 11.4 Å². The zero-order valence-electron chi connectivity index (χ0n) is 17.3. The van der Waals surface area contributed by atoms with Crippen LogP contribution in [0.5, 0.6) is 5.75 Å². The van der Waals surface area contributed by atoms with E-state index in [0.717, 1.165) is 16.8 Å². The van der Waals surface area contributed by atoms with Crippen LogP contribution in [-0.2, 0) is 16.1 Å². The first-order valence-corrected chi connectivity index (χ1v) is 10.3. The average molecular weight is 410 g/mol. The molecule has 0 saturated carbocycles. The molecule has 158 valence electrons. The molecule has 30 heavy (non-hydrogen) atoms. The van der Waals surface area contributed by atoms with Crippen LogP contribution in [0.25, 0.3) is 11.1 Å². The van der Waals surface area contributed by atoms with E-state index in [1.54, 1.807) is 19.4 Å². The summed E-state index contributed by atoms with van der Waals surface area (Å²) in [5.41, 5.74) is 3.18. The Morgan fingerprint density at radius 2 is 1.97 bits per heavy atom. The molecule has 1 aromatic carbocycles. The third-order valence-corrected chi connectivity index (χ3v) is 5.62. The summed E-state index contributed by atoms with van der Waals surface area (Å²) in [5, 5.41) is 0. The van der Waals surface area contributed by atoms with Crippen molar-refractivity contribution in [2.75, 3.05) is 26.8 Å². The van der Waals surface area contributed by atoms with Crippen LogP contribution in [0.2, 0.25) is 0 Å². The van der Waals surface area contributed by atoms with Crippen molar-refractivity contribution in [3.63, 3.8) is 0 Å². The normalized spacial score (nSPS) is 14.8. The number of amides is 1. The number of hydrogen-bond donors (Lipinski definition) is 0. The molecular formula is C23H26N2O5. The Bertz CT molecular complexity index is 1040. The minimum Gasteiger partial charge on any atom is -0.497 e. The molecule has 0 aliphatic carbocycles. The highest BCUT2D eigenvalue weighted by Gasteiger charge is 2.30. The Balaban J connectivity index is 1.55. The predicted octanol–water partition coefficient (Wildman–Crippen LogP) is 3.71. The highest BCUT2D eigenvalue weighted by Crippen LogP contribution is 2.26. The van der Waals surface area contributed by atoms with Crippen molar-refractivity contribution in [2.24, 2.45) is 5.92 Å². The van der Waals surface area contributed by atoms with E-state index < -0.39 is 0 Å². The lowest BCUT2D eigenvalue weighted by Gasteiger charge is -2.31. The van der Waals surface area contributed by atoms with Crippen molar-refractivity contribution in [3.8, 4) is 5.75 Å². The van der Waals surface area contributed by atoms with Gasteiger partial charge < -0.3 is 23.4 Å². The van der Waals surface area contributed by atoms with Gasteiger partial charge in [0.15, 0.2) is 5.58 Å². The second kappa shape index (κ2) is 8.65. The maximum absolute atomic E-state index is 13.3. The molecule has 1 saturated heterocycles. The maximum atomic E-state index is 13.3. The summed E-state index contributed by atoms with van der Waals surface area (Å²) in [4.78, 5) is 27.1. The van der Waals surface area contributed by atoms with Crippen molar-refractivity contribution in [2.45, 2.75) is 26.3 Å². The van der Waals surface area contributed by atoms with Gasteiger partial charge in [0, 0.05) is 31.8 Å². The molecule has 0 atom stereocenters. The van der Waals surface area contributed by atoms with Crippen LogP contribution in [0.3, 0.4) is 0 Å². The second-order valence-corrected chi connectivity index (χ2v) is 7.46. The summed E-state index contributed by atoms with van der Waals surface area (Å²) in [6.45, 7) is 3.79. The van der Waals surface area contributed by atoms with E-state index >= 15 is 0 Å². The Labute approximate surface area is 175 Å². The number of piperidine rings is 1. The van der Waals surface area contributed by atoms with Crippen LogP contribution in [0.4, 0.5) is 0 Å². The number of hydrogen-bond acceptors (Lipinski definition) is 5. The first-order valence-electron chi connectivity index (χ1n) is 10.3. The topological polar surface area (TPSA) is 73.9 Å². The Morgan fingerprint density at radius 1 is 1.17 bits per heavy atom. The number of nitrogens with zero attached hydrogens (tertiary/aromatic N) is 2. The number of methoxy groups -OCH3 is 1. The fraction of sp³-hybridized carbons (Fsp3) is 0.391. The van der Waals surface area contributed by atoms with Gasteiger partial charge in [0.2, 0.25) is 0 Å². The van der Waals surface area contributed by atoms with Gasteiger partial charge in [-0.05, 0) is 37.5 Å². The molecule has 0 radical (unpaired) electrons. The van der Waals surface area contributed by atoms with Crippen LogP contribution < -0.4 is 4.74 Å². The standard InChI is InChI=1S/C23H26N2O5/c1-3-29-23(27)17-7-10-24(11-8-17)22(26)20-14-21-19(9-12-30-21)25(20)15-16-5-4-6-18(13-16)28-2/h4-6,9,12-14,17H,3,7-8,10-11,15H2,1-2H3. The molecular weight excluding hydrogens is 384 g/mol. The number of furan rings is 1. The van der Waals surface area contributed by atoms with E-state index in [1.807, 2.05) is 46.7 Å². The maximum Gasteiger partial charge on any atom is 0.309 e. The lowest BCUT2D eigenvalue weighted by molar-refractivity contribution is -0.149. The molecule has 0 N–H and O–H groups in total. The first-order chi connectivity index (χ1) is 14.6. The molecule has 7 heteroatoms. The third-order valence-electron chi connectivity index (χ3n) is 5.62. The van der Waals surface area contributed by atoms with Gasteiger partial charge in [-0.25, -0.2) is 0 Å². The van der Waals surface area contributed by atoms with E-state index in [9.17, 15) is 9.59 Å². The van der Waals surface area contributed by atoms with E-state index in [4.69, 9.17) is 13.9 Å². The van der Waals surface area contributed by atoms with Crippen LogP contribution in [0, 0.1) is 5.92 Å². The quantitative estimate of drug-likeness (QED) is 0.579. The van der Waals surface area contributed by atoms with Crippen molar-refractivity contribution < 1.29 is 23.5 Å². The van der Waals surface area contributed by atoms with Crippen LogP contribution in [0.15, 0.2) is 47.1 Å². The SMILES string of the molecule is CCOC(=O)C1CCN(C(=O)c2cc3occc3n2Cc2cccc(OC)c2)CC1. The van der Waals surface area contributed by atoms with Crippen molar-refractivity contribution >= 4 is 23.0 Å². The largest absolute Gasteiger partial charge is 0.497 e. The fourth-order valence-electron chi connectivity index (χ4n) is 4.02. The first kappa shape index (κ1) is 20.1. The Hall–Kier alpha value is -3.22. The van der Waals surface area contributed by atoms with Gasteiger partial charge in [-0.1, -0.05) is 12.1 Å². The Morgan fingerprint density at radius 3 is 2.70 bits per heavy atom. The minimum absolute atomic E-state index is 0.0494. The zero-order valence-corrected chi connectivity index (χ0v) is 17.3. The highest BCUT2D eigenvalue weighted by molar-refractivity contribution is 5.97. The molecule has 1 amide bonds. The van der Waals surface area contributed by atoms with Gasteiger partial charge in [-0.2, -0.15) is 0 Å². The molecule has 1 aliphatic heterocycles. The monoisotopic (exact) mass is 410 g/mol. The lowest BCUT2D eigenvalue weighted by Crippen LogP contribution is -2.41. The van der Waals surface area contributed by atoms with Crippen LogP contribution in [0.1, 0.15) is 35.8 Å². The molecule has 3 heterocycles. The molecule has 3 aromatic rings. The fourth-order valence-corrected chi connectivity index (χ4v) is 4.02. The number of carbonyl (C=O) groups excluding carboxylic acids is 2. The predicted molar refractivity (Wildman–Crippen MR) is 112 cm³/mol. The van der Waals surface area contributed by atoms with E-state index in [1.165, 1.54) is 0 Å². The summed E-state index contributed by atoms with van der Waals surface area (Å²) in [5.74, 6) is 0.431. The molecule has 0 bridgehead atoms. The number of esters is 1. The number of carbonyl (C=O) groups is 2. The summed E-state index contributed by atoms with van der Waals surface area (Å²) >= 11 is 0. The lowest BCUT2D eigenvalue weighted by atomic mass is 9.97. The summed E-state index contributed by atoms with van der Waals surface area (Å²) < 4.78 is 18.0. The Kier molecular flexibility index (Phi) is 5.79. The molecule has 0 unspecified atom stereocenters. The molecule has 1 aliphatic rings. The summed E-state index contributed by atoms with van der Waals surface area (Å²) in [6.07, 6.45) is 2.88. The number of fused-ring (bicyclic) bond motifs is 1. The van der Waals surface area contributed by atoms with Crippen molar-refractivity contribution in [1.29, 1.82) is 0 Å². The van der Waals surface area contributed by atoms with Gasteiger partial charge in [-0.3, -0.25) is 9.59 Å². The number of likely N-dealkylation sites (tertiary alicyclic amines) is 1. The minimum atomic E-state index is -0.163. The summed E-state index contributed by atoms with van der Waals surface area (Å²) in [6, 6.07) is 11.5. The van der Waals surface area contributed by atoms with Gasteiger partial charge >= 0.3 is 5.97 Å². The zero-order chi connectivity index (χ0) is 21.1. The number of rotatable bonds is 6. The van der Waals surface area contributed by atoms with E-state index in [0.29, 0.717) is 50.4 Å². The van der Waals surface area contributed by atoms with Gasteiger partial charge in [-0.15, -0.1) is 0 Å². The second-order valence-electron chi connectivity index (χ2n) is 7.46. The smallest absolute Gasteiger partial charge is 0.309 e. The molecule has 7 nitrogen and oxygen atoms in total. The number of ether oxygens (including phenoxy) is 2. The third kappa shape index (κ3) is 3.92. The molecule has 0 spiro atoms.